The molecule has 1 aliphatic heterocycles. The number of nitrogens with one attached hydrogen (secondary N) is 1. The van der Waals surface area contributed by atoms with Gasteiger partial charge in [0.15, 0.2) is 0 Å². The Balaban J connectivity index is 1.58. The molecule has 0 radical (unpaired) electrons. The summed E-state index contributed by atoms with van der Waals surface area (Å²) in [5, 5.41) is 14.0. The van der Waals surface area contributed by atoms with Gasteiger partial charge in [-0.15, -0.1) is 0 Å². The molecule has 23 heavy (non-hydrogen) atoms. The molecule has 5 nitrogen and oxygen atoms in total. The van der Waals surface area contributed by atoms with Gasteiger partial charge in [0.1, 0.15) is 12.4 Å². The molecule has 1 aromatic heterocycles. The molecule has 130 valence electrons. The summed E-state index contributed by atoms with van der Waals surface area (Å²) in [5.74, 6) is 1.01. The molecule has 0 bridgehead atoms. The Morgan fingerprint density at radius 2 is 2.17 bits per heavy atom. The van der Waals surface area contributed by atoms with Gasteiger partial charge in [0, 0.05) is 25.3 Å². The van der Waals surface area contributed by atoms with E-state index in [-0.39, 0.29) is 13.2 Å². The minimum absolute atomic E-state index is 0.110. The number of pyridine rings is 1. The van der Waals surface area contributed by atoms with Crippen molar-refractivity contribution in [3.8, 4) is 0 Å². The van der Waals surface area contributed by atoms with E-state index in [1.165, 1.54) is 5.56 Å². The van der Waals surface area contributed by atoms with Gasteiger partial charge in [-0.05, 0) is 43.7 Å². The van der Waals surface area contributed by atoms with Crippen molar-refractivity contribution in [1.82, 2.24) is 10.0 Å². The fourth-order valence-corrected chi connectivity index (χ4v) is 2.56. The lowest BCUT2D eigenvalue weighted by Gasteiger charge is -2.17. The second kappa shape index (κ2) is 9.75. The van der Waals surface area contributed by atoms with Crippen molar-refractivity contribution in [2.45, 2.75) is 38.5 Å². The zero-order valence-corrected chi connectivity index (χ0v) is 13.3. The normalized spacial score (nSPS) is 14.1. The molecule has 0 saturated heterocycles. The van der Waals surface area contributed by atoms with Crippen molar-refractivity contribution in [2.75, 3.05) is 38.2 Å². The standard InChI is InChI=1S/C16H25F2N3O2/c17-15(18)12-23-11-10-21(22)9-2-1-5-14-7-6-13-4-3-8-19-16(13)20-14/h6-7,15,22H,1-5,8-12H2,(H,19,20). The summed E-state index contributed by atoms with van der Waals surface area (Å²) in [7, 11) is 0. The Hall–Kier alpha value is -1.31. The molecule has 0 unspecified atom stereocenters. The number of ether oxygens (including phenoxy) is 1. The van der Waals surface area contributed by atoms with Gasteiger partial charge >= 0.3 is 0 Å². The van der Waals surface area contributed by atoms with Crippen LogP contribution in [0.4, 0.5) is 14.6 Å². The van der Waals surface area contributed by atoms with Crippen LogP contribution >= 0.6 is 0 Å². The second-order valence-corrected chi connectivity index (χ2v) is 5.72. The third-order valence-corrected chi connectivity index (χ3v) is 3.79. The van der Waals surface area contributed by atoms with E-state index in [4.69, 9.17) is 4.74 Å². The molecule has 0 aromatic carbocycles. The first-order valence-electron chi connectivity index (χ1n) is 8.17. The molecule has 0 spiro atoms. The van der Waals surface area contributed by atoms with Crippen LogP contribution in [0.5, 0.6) is 0 Å². The highest BCUT2D eigenvalue weighted by atomic mass is 19.3. The molecule has 0 atom stereocenters. The summed E-state index contributed by atoms with van der Waals surface area (Å²) in [6.07, 6.45) is 2.38. The predicted octanol–water partition coefficient (Wildman–Crippen LogP) is 2.74. The molecular formula is C16H25F2N3O2. The highest BCUT2D eigenvalue weighted by Crippen LogP contribution is 2.20. The van der Waals surface area contributed by atoms with E-state index in [2.05, 4.69) is 22.4 Å². The number of unbranched alkanes of at least 4 members (excludes halogenated alkanes) is 1. The van der Waals surface area contributed by atoms with E-state index >= 15 is 0 Å². The fourth-order valence-electron chi connectivity index (χ4n) is 2.56. The van der Waals surface area contributed by atoms with Gasteiger partial charge < -0.3 is 15.3 Å². The number of aryl methyl sites for hydroxylation is 2. The van der Waals surface area contributed by atoms with E-state index in [0.29, 0.717) is 6.54 Å². The van der Waals surface area contributed by atoms with Crippen LogP contribution in [-0.4, -0.2) is 54.5 Å². The lowest BCUT2D eigenvalue weighted by molar-refractivity contribution is -0.109. The predicted molar refractivity (Wildman–Crippen MR) is 84.2 cm³/mol. The highest BCUT2D eigenvalue weighted by Gasteiger charge is 2.10. The number of fused-ring (bicyclic) bond motifs is 1. The number of aromatic nitrogens is 1. The molecule has 2 heterocycles. The average molecular weight is 329 g/mol. The third-order valence-electron chi connectivity index (χ3n) is 3.79. The minimum atomic E-state index is -2.46. The number of alkyl halides is 2. The van der Waals surface area contributed by atoms with Crippen LogP contribution < -0.4 is 5.32 Å². The lowest BCUT2D eigenvalue weighted by Crippen LogP contribution is -2.25. The largest absolute Gasteiger partial charge is 0.374 e. The highest BCUT2D eigenvalue weighted by molar-refractivity contribution is 5.46. The van der Waals surface area contributed by atoms with E-state index in [9.17, 15) is 14.0 Å². The van der Waals surface area contributed by atoms with Crippen LogP contribution in [0.15, 0.2) is 12.1 Å². The van der Waals surface area contributed by atoms with Gasteiger partial charge in [-0.3, -0.25) is 0 Å². The Kier molecular flexibility index (Phi) is 7.64. The van der Waals surface area contributed by atoms with Gasteiger partial charge in [0.2, 0.25) is 0 Å². The second-order valence-electron chi connectivity index (χ2n) is 5.72. The van der Waals surface area contributed by atoms with Gasteiger partial charge in [-0.1, -0.05) is 6.07 Å². The number of halogens is 2. The van der Waals surface area contributed by atoms with Gasteiger partial charge in [-0.25, -0.2) is 13.8 Å². The maximum atomic E-state index is 11.9. The number of nitrogens with zero attached hydrogens (tertiary/aromatic N) is 2. The van der Waals surface area contributed by atoms with Gasteiger partial charge in [0.05, 0.1) is 6.61 Å². The maximum Gasteiger partial charge on any atom is 0.261 e. The Labute approximate surface area is 135 Å². The molecule has 2 N–H and O–H groups in total. The summed E-state index contributed by atoms with van der Waals surface area (Å²) < 4.78 is 28.5. The van der Waals surface area contributed by atoms with Crippen LogP contribution in [0.1, 0.15) is 30.5 Å². The average Bonchev–Trinajstić information content (AvgIpc) is 2.55. The first-order valence-corrected chi connectivity index (χ1v) is 8.17. The van der Waals surface area contributed by atoms with Crippen LogP contribution in [-0.2, 0) is 17.6 Å². The number of anilines is 1. The van der Waals surface area contributed by atoms with E-state index in [0.717, 1.165) is 55.2 Å². The summed E-state index contributed by atoms with van der Waals surface area (Å²) >= 11 is 0. The number of rotatable bonds is 10. The third kappa shape index (κ3) is 6.76. The lowest BCUT2D eigenvalue weighted by atomic mass is 10.1. The van der Waals surface area contributed by atoms with Crippen molar-refractivity contribution >= 4 is 5.82 Å². The Morgan fingerprint density at radius 1 is 1.30 bits per heavy atom. The van der Waals surface area contributed by atoms with Crippen molar-refractivity contribution in [3.63, 3.8) is 0 Å². The maximum absolute atomic E-state index is 11.9. The summed E-state index contributed by atoms with van der Waals surface area (Å²) in [6.45, 7) is 1.26. The van der Waals surface area contributed by atoms with E-state index in [1.54, 1.807) is 0 Å². The first-order chi connectivity index (χ1) is 11.1. The van der Waals surface area contributed by atoms with Crippen molar-refractivity contribution in [2.24, 2.45) is 0 Å². The van der Waals surface area contributed by atoms with Crippen LogP contribution in [0.3, 0.4) is 0 Å². The first kappa shape index (κ1) is 18.0. The fraction of sp³-hybridized carbons (Fsp3) is 0.688. The van der Waals surface area contributed by atoms with E-state index in [1.807, 2.05) is 0 Å². The van der Waals surface area contributed by atoms with Crippen molar-refractivity contribution in [3.05, 3.63) is 23.4 Å². The zero-order chi connectivity index (χ0) is 16.5. The quantitative estimate of drug-likeness (QED) is 0.511. The smallest absolute Gasteiger partial charge is 0.261 e. The van der Waals surface area contributed by atoms with Gasteiger partial charge in [-0.2, -0.15) is 5.06 Å². The Morgan fingerprint density at radius 3 is 3.00 bits per heavy atom. The van der Waals surface area contributed by atoms with E-state index < -0.39 is 13.0 Å². The molecule has 1 aliphatic rings. The van der Waals surface area contributed by atoms with Gasteiger partial charge in [0.25, 0.3) is 6.43 Å². The molecule has 0 aliphatic carbocycles. The van der Waals surface area contributed by atoms with Crippen LogP contribution in [0.2, 0.25) is 0 Å². The van der Waals surface area contributed by atoms with Crippen molar-refractivity contribution in [1.29, 1.82) is 0 Å². The molecule has 1 aromatic rings. The SMILES string of the molecule is ON(CCCCc1ccc2c(n1)NCCC2)CCOCC(F)F. The summed E-state index contributed by atoms with van der Waals surface area (Å²) in [5.41, 5.74) is 2.34. The molecule has 7 heteroatoms. The zero-order valence-electron chi connectivity index (χ0n) is 13.3. The summed E-state index contributed by atoms with van der Waals surface area (Å²) in [6, 6.07) is 4.21. The van der Waals surface area contributed by atoms with Crippen LogP contribution in [0.25, 0.3) is 0 Å². The molecule has 0 saturated carbocycles. The molecule has 2 rings (SSSR count). The van der Waals surface area contributed by atoms with Crippen molar-refractivity contribution < 1.29 is 18.7 Å². The number of hydrogen-bond donors (Lipinski definition) is 2. The van der Waals surface area contributed by atoms with Crippen LogP contribution in [0, 0.1) is 0 Å². The Bertz CT molecular complexity index is 475. The number of hydroxylamine groups is 2. The topological polar surface area (TPSA) is 57.6 Å². The molecular weight excluding hydrogens is 304 g/mol. The number of hydrogen-bond acceptors (Lipinski definition) is 5. The summed E-state index contributed by atoms with van der Waals surface area (Å²) in [4.78, 5) is 4.63. The minimum Gasteiger partial charge on any atom is -0.374 e. The molecule has 0 amide bonds. The monoisotopic (exact) mass is 329 g/mol. The molecule has 0 fully saturated rings.